The summed E-state index contributed by atoms with van der Waals surface area (Å²) in [5.41, 5.74) is 3.09. The van der Waals surface area contributed by atoms with E-state index >= 15 is 0 Å². The number of hydrogen-bond donors (Lipinski definition) is 1. The quantitative estimate of drug-likeness (QED) is 0.253. The van der Waals surface area contributed by atoms with Crippen LogP contribution in [0.5, 0.6) is 0 Å². The van der Waals surface area contributed by atoms with Gasteiger partial charge in [0.2, 0.25) is 0 Å². The number of halogens is 3. The van der Waals surface area contributed by atoms with Gasteiger partial charge in [-0.1, -0.05) is 34.1 Å². The Morgan fingerprint density at radius 1 is 1.25 bits per heavy atom. The van der Waals surface area contributed by atoms with Gasteiger partial charge in [-0.25, -0.2) is 4.79 Å². The molecule has 0 fully saturated rings. The molecule has 1 aromatic heterocycles. The number of para-hydroxylation sites is 1. The highest BCUT2D eigenvalue weighted by atomic mass is 127. The number of benzene rings is 2. The summed E-state index contributed by atoms with van der Waals surface area (Å²) in [5.74, 6) is 0. The Bertz CT molecular complexity index is 972. The molecule has 0 unspecified atom stereocenters. The maximum atomic E-state index is 11.9. The third kappa shape index (κ3) is 5.70. The smallest absolute Gasteiger partial charge is 0.407 e. The highest BCUT2D eigenvalue weighted by Gasteiger charge is 2.17. The number of hydrogen-bond acceptors (Lipinski definition) is 3. The van der Waals surface area contributed by atoms with Crippen molar-refractivity contribution in [3.05, 3.63) is 46.4 Å². The number of alkyl carbamates (subject to hydrolysis) is 1. The minimum absolute atomic E-state index is 0.382. The molecule has 152 valence electrons. The third-order valence-corrected chi connectivity index (χ3v) is 6.06. The molecule has 1 heterocycles. The molecule has 0 saturated heterocycles. The van der Waals surface area contributed by atoms with Gasteiger partial charge in [0.15, 0.2) is 0 Å². The first kappa shape index (κ1) is 23.6. The number of carbonyl (C=O) groups excluding carboxylic acids is 1. The highest BCUT2D eigenvalue weighted by Crippen LogP contribution is 2.38. The van der Waals surface area contributed by atoms with E-state index in [2.05, 4.69) is 94.4 Å². The van der Waals surface area contributed by atoms with E-state index in [1.165, 1.54) is 33.8 Å². The second kappa shape index (κ2) is 10.4. The lowest BCUT2D eigenvalue weighted by molar-refractivity contribution is 0.0528. The minimum atomic E-state index is -0.489. The number of aromatic nitrogens is 1. The molecule has 3 rings (SSSR count). The standard InChI is InChI=1S/C19H20BrIN2O2S.CH3Cl/c1-19(2,3)25-18(24)22-9-8-12-10-13(20)11-15-14-6-4-5-7-16(14)23(26-21)17(12)15;1-2/h4-7,10-11H,8-9H2,1-3H3,(H,22,24);1H3. The van der Waals surface area contributed by atoms with Crippen LogP contribution in [0.2, 0.25) is 0 Å². The third-order valence-electron chi connectivity index (χ3n) is 3.90. The van der Waals surface area contributed by atoms with Gasteiger partial charge in [-0.15, -0.1) is 11.6 Å². The van der Waals surface area contributed by atoms with Crippen molar-refractivity contribution in [2.45, 2.75) is 32.8 Å². The molecule has 1 amide bonds. The molecule has 4 nitrogen and oxygen atoms in total. The van der Waals surface area contributed by atoms with Crippen LogP contribution in [0.3, 0.4) is 0 Å². The van der Waals surface area contributed by atoms with Crippen molar-refractivity contribution in [1.82, 2.24) is 9.29 Å². The first-order valence-corrected chi connectivity index (χ1v) is 13.5. The van der Waals surface area contributed by atoms with E-state index in [-0.39, 0.29) is 6.09 Å². The van der Waals surface area contributed by atoms with Gasteiger partial charge < -0.3 is 10.1 Å². The molecule has 0 bridgehead atoms. The molecule has 3 aromatic rings. The Morgan fingerprint density at radius 2 is 1.93 bits per heavy atom. The van der Waals surface area contributed by atoms with Crippen molar-refractivity contribution in [3.8, 4) is 0 Å². The van der Waals surface area contributed by atoms with Gasteiger partial charge in [0.1, 0.15) is 5.60 Å². The molecule has 28 heavy (non-hydrogen) atoms. The summed E-state index contributed by atoms with van der Waals surface area (Å²) in [4.78, 5) is 11.9. The van der Waals surface area contributed by atoms with E-state index in [1.54, 1.807) is 9.12 Å². The SMILES string of the molecule is CC(C)(C)OC(=O)NCCc1cc(Br)cc2c3ccccc3n(SI)c12.CCl. The number of fused-ring (bicyclic) bond motifs is 3. The summed E-state index contributed by atoms with van der Waals surface area (Å²) < 4.78 is 8.60. The molecule has 0 aliphatic carbocycles. The summed E-state index contributed by atoms with van der Waals surface area (Å²) in [6.07, 6.45) is 1.82. The van der Waals surface area contributed by atoms with Crippen molar-refractivity contribution < 1.29 is 9.53 Å². The Hall–Kier alpha value is -0.640. The molecule has 0 aliphatic heterocycles. The molecule has 0 radical (unpaired) electrons. The van der Waals surface area contributed by atoms with Crippen LogP contribution in [-0.4, -0.2) is 28.6 Å². The second-order valence-electron chi connectivity index (χ2n) is 7.02. The molecule has 1 N–H and O–H groups in total. The molecule has 0 spiro atoms. The van der Waals surface area contributed by atoms with Crippen LogP contribution < -0.4 is 5.32 Å². The summed E-state index contributed by atoms with van der Waals surface area (Å²) in [6, 6.07) is 12.7. The first-order chi connectivity index (χ1) is 13.3. The number of ether oxygens (including phenoxy) is 1. The van der Waals surface area contributed by atoms with Crippen molar-refractivity contribution in [1.29, 1.82) is 0 Å². The van der Waals surface area contributed by atoms with E-state index < -0.39 is 5.60 Å². The van der Waals surface area contributed by atoms with Crippen LogP contribution in [0, 0.1) is 0 Å². The van der Waals surface area contributed by atoms with Crippen LogP contribution >= 0.6 is 57.9 Å². The molecule has 8 heteroatoms. The average Bonchev–Trinajstić information content (AvgIpc) is 2.95. The van der Waals surface area contributed by atoms with Crippen molar-refractivity contribution in [3.63, 3.8) is 0 Å². The largest absolute Gasteiger partial charge is 0.444 e. The molecule has 0 atom stereocenters. The van der Waals surface area contributed by atoms with Crippen LogP contribution in [0.15, 0.2) is 40.9 Å². The maximum absolute atomic E-state index is 11.9. The van der Waals surface area contributed by atoms with E-state index in [0.717, 1.165) is 10.9 Å². The van der Waals surface area contributed by atoms with Gasteiger partial charge >= 0.3 is 6.09 Å². The zero-order valence-electron chi connectivity index (χ0n) is 16.2. The monoisotopic (exact) mass is 596 g/mol. The van der Waals surface area contributed by atoms with Crippen molar-refractivity contribution in [2.24, 2.45) is 0 Å². The topological polar surface area (TPSA) is 43.3 Å². The maximum Gasteiger partial charge on any atom is 0.407 e. The summed E-state index contributed by atoms with van der Waals surface area (Å²) in [7, 11) is 1.66. The molecular weight excluding hydrogens is 575 g/mol. The predicted molar refractivity (Wildman–Crippen MR) is 134 cm³/mol. The lowest BCUT2D eigenvalue weighted by Gasteiger charge is -2.19. The van der Waals surface area contributed by atoms with Gasteiger partial charge in [0.25, 0.3) is 0 Å². The first-order valence-electron chi connectivity index (χ1n) is 8.65. The number of amides is 1. The number of nitrogens with one attached hydrogen (secondary N) is 1. The Kier molecular flexibility index (Phi) is 8.79. The highest BCUT2D eigenvalue weighted by molar-refractivity contribution is 14.2. The van der Waals surface area contributed by atoms with E-state index in [0.29, 0.717) is 6.54 Å². The van der Waals surface area contributed by atoms with Crippen LogP contribution in [0.1, 0.15) is 26.3 Å². The van der Waals surface area contributed by atoms with Gasteiger partial charge in [-0.3, -0.25) is 3.97 Å². The number of carbonyl (C=O) groups is 1. The summed E-state index contributed by atoms with van der Waals surface area (Å²) >= 11 is 10.6. The molecule has 2 aromatic carbocycles. The van der Waals surface area contributed by atoms with E-state index in [9.17, 15) is 4.79 Å². The predicted octanol–water partition coefficient (Wildman–Crippen LogP) is 7.33. The van der Waals surface area contributed by atoms with E-state index in [1.807, 2.05) is 20.8 Å². The van der Waals surface area contributed by atoms with Crippen molar-refractivity contribution in [2.75, 3.05) is 12.9 Å². The van der Waals surface area contributed by atoms with E-state index in [4.69, 9.17) is 4.74 Å². The van der Waals surface area contributed by atoms with Gasteiger partial charge in [-0.2, -0.15) is 0 Å². The minimum Gasteiger partial charge on any atom is -0.444 e. The summed E-state index contributed by atoms with van der Waals surface area (Å²) in [5, 5.41) is 5.29. The Labute approximate surface area is 195 Å². The fourth-order valence-corrected chi connectivity index (χ4v) is 5.23. The number of alkyl halides is 1. The molecule has 0 aliphatic rings. The molecular formula is C20H23BrClIN2O2S. The fourth-order valence-electron chi connectivity index (χ4n) is 2.98. The second-order valence-corrected chi connectivity index (χ2v) is 9.62. The Morgan fingerprint density at radius 3 is 2.57 bits per heavy atom. The van der Waals surface area contributed by atoms with Crippen LogP contribution in [0.25, 0.3) is 21.8 Å². The lowest BCUT2D eigenvalue weighted by Crippen LogP contribution is -2.33. The van der Waals surface area contributed by atoms with Gasteiger partial charge in [0, 0.05) is 58.5 Å². The summed E-state index contributed by atoms with van der Waals surface area (Å²) in [6.45, 7) is 6.11. The van der Waals surface area contributed by atoms with Gasteiger partial charge in [-0.05, 0) is 51.0 Å². The van der Waals surface area contributed by atoms with Gasteiger partial charge in [0.05, 0.1) is 11.0 Å². The normalized spacial score (nSPS) is 11.2. The van der Waals surface area contributed by atoms with Crippen LogP contribution in [-0.2, 0) is 11.2 Å². The van der Waals surface area contributed by atoms with Crippen LogP contribution in [0.4, 0.5) is 4.79 Å². The zero-order chi connectivity index (χ0) is 20.9. The molecule has 0 saturated carbocycles. The number of nitrogens with zero attached hydrogens (tertiary/aromatic N) is 1. The Balaban J connectivity index is 0.00000136. The van der Waals surface area contributed by atoms with Crippen molar-refractivity contribution >= 4 is 85.8 Å². The fraction of sp³-hybridized carbons (Fsp3) is 0.350. The average molecular weight is 598 g/mol. The number of rotatable bonds is 4. The zero-order valence-corrected chi connectivity index (χ0v) is 21.5. The lowest BCUT2D eigenvalue weighted by atomic mass is 10.1.